The van der Waals surface area contributed by atoms with Crippen LogP contribution in [-0.4, -0.2) is 10.7 Å². The van der Waals surface area contributed by atoms with Gasteiger partial charge in [0, 0.05) is 20.4 Å². The van der Waals surface area contributed by atoms with E-state index in [0.29, 0.717) is 10.0 Å². The van der Waals surface area contributed by atoms with Gasteiger partial charge in [0.15, 0.2) is 10.7 Å². The molecule has 0 amide bonds. The van der Waals surface area contributed by atoms with E-state index in [1.807, 2.05) is 29.6 Å². The Morgan fingerprint density at radius 1 is 1.17 bits per heavy atom. The first-order valence-electron chi connectivity index (χ1n) is 6.87. The quantitative estimate of drug-likeness (QED) is 0.446. The fourth-order valence-electron chi connectivity index (χ4n) is 1.90. The minimum Gasteiger partial charge on any atom is -0.277 e. The smallest absolute Gasteiger partial charge is 0.196 e. The number of benzene rings is 2. The number of hydrogen-bond acceptors (Lipinski definition) is 5. The molecule has 0 aliphatic heterocycles. The first-order valence-corrected chi connectivity index (χ1v) is 8.92. The predicted molar refractivity (Wildman–Crippen MR) is 102 cm³/mol. The second kappa shape index (κ2) is 7.58. The number of hydrazone groups is 1. The predicted octanol–water partition coefficient (Wildman–Crippen LogP) is 5.57. The number of aromatic nitrogens is 1. The van der Waals surface area contributed by atoms with Crippen molar-refractivity contribution in [1.29, 1.82) is 5.26 Å². The fourth-order valence-corrected chi connectivity index (χ4v) is 3.06. The van der Waals surface area contributed by atoms with Crippen molar-refractivity contribution in [2.75, 3.05) is 5.43 Å². The number of thiazole rings is 1. The van der Waals surface area contributed by atoms with Crippen LogP contribution in [0.3, 0.4) is 0 Å². The summed E-state index contributed by atoms with van der Waals surface area (Å²) in [5.74, 6) is 0. The molecule has 1 N–H and O–H groups in total. The molecule has 0 unspecified atom stereocenters. The Bertz CT molecular complexity index is 911. The van der Waals surface area contributed by atoms with Gasteiger partial charge in [-0.2, -0.15) is 10.4 Å². The number of nitriles is 1. The summed E-state index contributed by atoms with van der Waals surface area (Å²) in [6.07, 6.45) is 0. The average Bonchev–Trinajstić information content (AvgIpc) is 3.08. The summed E-state index contributed by atoms with van der Waals surface area (Å²) >= 11 is 10.6. The van der Waals surface area contributed by atoms with Crippen LogP contribution < -0.4 is 5.43 Å². The Labute approximate surface area is 156 Å². The van der Waals surface area contributed by atoms with Crippen molar-refractivity contribution in [2.24, 2.45) is 5.10 Å². The van der Waals surface area contributed by atoms with Gasteiger partial charge in [-0.3, -0.25) is 5.43 Å². The van der Waals surface area contributed by atoms with E-state index in [2.05, 4.69) is 37.5 Å². The van der Waals surface area contributed by atoms with Gasteiger partial charge >= 0.3 is 0 Å². The molecular weight excluding hydrogens is 408 g/mol. The van der Waals surface area contributed by atoms with Gasteiger partial charge in [-0.05, 0) is 36.4 Å². The standard InChI is InChI=1S/C17H10BrClN4S/c18-12-3-1-11(2-4-12)16-10-24-17(21-16)15(9-20)23-22-14-7-5-13(19)6-8-14/h1-8,10,22H/b23-15-. The molecule has 24 heavy (non-hydrogen) atoms. The second-order valence-corrected chi connectivity index (χ2v) is 6.95. The van der Waals surface area contributed by atoms with Crippen molar-refractivity contribution in [2.45, 2.75) is 0 Å². The molecule has 0 fully saturated rings. The molecule has 0 aliphatic rings. The molecule has 0 saturated heterocycles. The molecule has 1 aromatic heterocycles. The number of anilines is 1. The van der Waals surface area contributed by atoms with Gasteiger partial charge in [0.05, 0.1) is 11.4 Å². The lowest BCUT2D eigenvalue weighted by atomic mass is 10.2. The van der Waals surface area contributed by atoms with E-state index in [1.54, 1.807) is 24.3 Å². The molecule has 1 heterocycles. The van der Waals surface area contributed by atoms with Crippen LogP contribution >= 0.6 is 38.9 Å². The van der Waals surface area contributed by atoms with E-state index in [9.17, 15) is 5.26 Å². The van der Waals surface area contributed by atoms with Crippen molar-refractivity contribution < 1.29 is 0 Å². The van der Waals surface area contributed by atoms with Crippen molar-refractivity contribution in [3.05, 3.63) is 68.4 Å². The zero-order valence-electron chi connectivity index (χ0n) is 12.2. The molecule has 2 aromatic carbocycles. The fraction of sp³-hybridized carbons (Fsp3) is 0. The monoisotopic (exact) mass is 416 g/mol. The maximum Gasteiger partial charge on any atom is 0.196 e. The third-order valence-corrected chi connectivity index (χ3v) is 4.72. The molecule has 0 bridgehead atoms. The summed E-state index contributed by atoms with van der Waals surface area (Å²) in [5.41, 5.74) is 5.63. The van der Waals surface area contributed by atoms with E-state index < -0.39 is 0 Å². The highest BCUT2D eigenvalue weighted by Gasteiger charge is 2.10. The van der Waals surface area contributed by atoms with Crippen LogP contribution in [0, 0.1) is 11.3 Å². The molecule has 0 atom stereocenters. The van der Waals surface area contributed by atoms with Crippen LogP contribution in [0.4, 0.5) is 5.69 Å². The summed E-state index contributed by atoms with van der Waals surface area (Å²) < 4.78 is 1.01. The third kappa shape index (κ3) is 4.01. The maximum atomic E-state index is 9.34. The highest BCUT2D eigenvalue weighted by molar-refractivity contribution is 9.10. The minimum absolute atomic E-state index is 0.235. The molecule has 0 spiro atoms. The Morgan fingerprint density at radius 3 is 2.54 bits per heavy atom. The third-order valence-electron chi connectivity index (χ3n) is 3.09. The van der Waals surface area contributed by atoms with E-state index in [0.717, 1.165) is 21.4 Å². The van der Waals surface area contributed by atoms with Crippen molar-refractivity contribution >= 4 is 50.3 Å². The van der Waals surface area contributed by atoms with Crippen LogP contribution in [0.15, 0.2) is 63.5 Å². The number of nitrogens with zero attached hydrogens (tertiary/aromatic N) is 3. The first kappa shape index (κ1) is 16.7. The first-order chi connectivity index (χ1) is 11.7. The highest BCUT2D eigenvalue weighted by atomic mass is 79.9. The average molecular weight is 418 g/mol. The Hall–Kier alpha value is -2.20. The van der Waals surface area contributed by atoms with Crippen molar-refractivity contribution in [3.8, 4) is 17.3 Å². The molecule has 0 saturated carbocycles. The van der Waals surface area contributed by atoms with E-state index in [-0.39, 0.29) is 5.71 Å². The van der Waals surface area contributed by atoms with Gasteiger partial charge in [0.25, 0.3) is 0 Å². The van der Waals surface area contributed by atoms with E-state index >= 15 is 0 Å². The van der Waals surface area contributed by atoms with Gasteiger partial charge in [0.1, 0.15) is 6.07 Å². The van der Waals surface area contributed by atoms with E-state index in [1.165, 1.54) is 11.3 Å². The molecule has 3 aromatic rings. The zero-order chi connectivity index (χ0) is 16.9. The van der Waals surface area contributed by atoms with Gasteiger partial charge < -0.3 is 0 Å². The minimum atomic E-state index is 0.235. The number of hydrogen-bond donors (Lipinski definition) is 1. The highest BCUT2D eigenvalue weighted by Crippen LogP contribution is 2.24. The number of nitrogens with one attached hydrogen (secondary N) is 1. The lowest BCUT2D eigenvalue weighted by Crippen LogP contribution is -2.01. The number of halogens is 2. The largest absolute Gasteiger partial charge is 0.277 e. The van der Waals surface area contributed by atoms with Gasteiger partial charge in [-0.1, -0.05) is 39.7 Å². The van der Waals surface area contributed by atoms with Crippen molar-refractivity contribution in [3.63, 3.8) is 0 Å². The molecule has 118 valence electrons. The van der Waals surface area contributed by atoms with E-state index in [4.69, 9.17) is 11.6 Å². The molecule has 0 radical (unpaired) electrons. The van der Waals surface area contributed by atoms with Crippen LogP contribution in [0.5, 0.6) is 0 Å². The Kier molecular flexibility index (Phi) is 5.26. The molecular formula is C17H10BrClN4S. The van der Waals surface area contributed by atoms with Crippen LogP contribution in [0.2, 0.25) is 5.02 Å². The molecule has 3 rings (SSSR count). The summed E-state index contributed by atoms with van der Waals surface area (Å²) in [7, 11) is 0. The molecule has 7 heteroatoms. The van der Waals surface area contributed by atoms with Crippen LogP contribution in [0.1, 0.15) is 5.01 Å². The Morgan fingerprint density at radius 2 is 1.88 bits per heavy atom. The summed E-state index contributed by atoms with van der Waals surface area (Å²) in [6.45, 7) is 0. The normalized spacial score (nSPS) is 11.1. The SMILES string of the molecule is N#C/C(=N/Nc1ccc(Cl)cc1)c1nc(-c2ccc(Br)cc2)cs1. The lowest BCUT2D eigenvalue weighted by molar-refractivity contribution is 1.31. The van der Waals surface area contributed by atoms with Crippen LogP contribution in [0.25, 0.3) is 11.3 Å². The summed E-state index contributed by atoms with van der Waals surface area (Å²) in [4.78, 5) is 4.50. The summed E-state index contributed by atoms with van der Waals surface area (Å²) in [6, 6.07) is 17.0. The van der Waals surface area contributed by atoms with Gasteiger partial charge in [0.2, 0.25) is 0 Å². The topological polar surface area (TPSA) is 61.1 Å². The lowest BCUT2D eigenvalue weighted by Gasteiger charge is -2.00. The van der Waals surface area contributed by atoms with Gasteiger partial charge in [-0.15, -0.1) is 11.3 Å². The zero-order valence-corrected chi connectivity index (χ0v) is 15.4. The number of rotatable bonds is 4. The maximum absolute atomic E-state index is 9.34. The van der Waals surface area contributed by atoms with Crippen molar-refractivity contribution in [1.82, 2.24) is 4.98 Å². The van der Waals surface area contributed by atoms with Gasteiger partial charge in [-0.25, -0.2) is 4.98 Å². The molecule has 0 aliphatic carbocycles. The summed E-state index contributed by atoms with van der Waals surface area (Å²) in [5, 5.41) is 16.6. The van der Waals surface area contributed by atoms with Crippen LogP contribution in [-0.2, 0) is 0 Å². The molecule has 4 nitrogen and oxygen atoms in total. The second-order valence-electron chi connectivity index (χ2n) is 4.74. The Balaban J connectivity index is 1.81.